The van der Waals surface area contributed by atoms with Crippen molar-refractivity contribution in [3.05, 3.63) is 64.9 Å². The summed E-state index contributed by atoms with van der Waals surface area (Å²) >= 11 is 0. The van der Waals surface area contributed by atoms with E-state index in [0.29, 0.717) is 28.0 Å². The van der Waals surface area contributed by atoms with Crippen molar-refractivity contribution < 1.29 is 9.53 Å². The van der Waals surface area contributed by atoms with Gasteiger partial charge in [0.15, 0.2) is 6.29 Å². The Morgan fingerprint density at radius 2 is 2.26 bits per heavy atom. The zero-order chi connectivity index (χ0) is 13.7. The van der Waals surface area contributed by atoms with E-state index in [1.54, 1.807) is 49.6 Å². The molecular formula is C16H11NO2. The van der Waals surface area contributed by atoms with Crippen LogP contribution in [0.4, 0.5) is 0 Å². The third kappa shape index (κ3) is 2.55. The highest BCUT2D eigenvalue weighted by molar-refractivity contribution is 5.96. The summed E-state index contributed by atoms with van der Waals surface area (Å²) in [5.41, 5.74) is 5.39. The van der Waals surface area contributed by atoms with Crippen LogP contribution >= 0.6 is 0 Å². The summed E-state index contributed by atoms with van der Waals surface area (Å²) in [6.07, 6.45) is 7.66. The largest absolute Gasteiger partial charge is 0.496 e. The normalized spacial score (nSPS) is 13.1. The maximum Gasteiger partial charge on any atom is 0.150 e. The second-order valence-corrected chi connectivity index (χ2v) is 3.85. The van der Waals surface area contributed by atoms with E-state index in [0.717, 1.165) is 6.29 Å². The molecule has 19 heavy (non-hydrogen) atoms. The van der Waals surface area contributed by atoms with Crippen LogP contribution in [0.15, 0.2) is 53.8 Å². The molecule has 1 aromatic rings. The van der Waals surface area contributed by atoms with Crippen LogP contribution in [-0.2, 0) is 4.79 Å². The fourth-order valence-corrected chi connectivity index (χ4v) is 1.84. The molecule has 3 nitrogen and oxygen atoms in total. The minimum Gasteiger partial charge on any atom is -0.496 e. The number of allylic oxidation sites excluding steroid dienone is 5. The van der Waals surface area contributed by atoms with Crippen molar-refractivity contribution in [3.63, 3.8) is 0 Å². The van der Waals surface area contributed by atoms with Crippen molar-refractivity contribution in [2.24, 2.45) is 0 Å². The van der Waals surface area contributed by atoms with E-state index in [9.17, 15) is 4.79 Å². The number of methoxy groups -OCH3 is 1. The predicted molar refractivity (Wildman–Crippen MR) is 72.5 cm³/mol. The topological polar surface area (TPSA) is 50.1 Å². The SMILES string of the molecule is COc1ccc(C#N)cc1C1=C(C=O)C=CC=C=C1. The Kier molecular flexibility index (Phi) is 3.78. The van der Waals surface area contributed by atoms with E-state index in [2.05, 4.69) is 11.8 Å². The van der Waals surface area contributed by atoms with Crippen LogP contribution in [0.5, 0.6) is 5.75 Å². The highest BCUT2D eigenvalue weighted by Crippen LogP contribution is 2.30. The van der Waals surface area contributed by atoms with E-state index in [-0.39, 0.29) is 0 Å². The van der Waals surface area contributed by atoms with Gasteiger partial charge in [0.2, 0.25) is 0 Å². The molecule has 1 aliphatic rings. The van der Waals surface area contributed by atoms with Gasteiger partial charge in [-0.25, -0.2) is 0 Å². The van der Waals surface area contributed by atoms with Gasteiger partial charge in [-0.05, 0) is 30.4 Å². The first-order valence-electron chi connectivity index (χ1n) is 5.67. The van der Waals surface area contributed by atoms with Crippen LogP contribution in [0.3, 0.4) is 0 Å². The number of carbonyl (C=O) groups is 1. The molecule has 0 fully saturated rings. The van der Waals surface area contributed by atoms with Crippen molar-refractivity contribution in [1.82, 2.24) is 0 Å². The summed E-state index contributed by atoms with van der Waals surface area (Å²) in [6.45, 7) is 0. The smallest absolute Gasteiger partial charge is 0.150 e. The lowest BCUT2D eigenvalue weighted by atomic mass is 9.98. The van der Waals surface area contributed by atoms with Gasteiger partial charge < -0.3 is 4.74 Å². The summed E-state index contributed by atoms with van der Waals surface area (Å²) in [6, 6.07) is 7.18. The van der Waals surface area contributed by atoms with Gasteiger partial charge >= 0.3 is 0 Å². The average molecular weight is 249 g/mol. The van der Waals surface area contributed by atoms with Crippen LogP contribution in [0, 0.1) is 11.3 Å². The molecule has 1 aliphatic carbocycles. The summed E-state index contributed by atoms with van der Waals surface area (Å²) in [4.78, 5) is 11.2. The number of ether oxygens (including phenoxy) is 1. The van der Waals surface area contributed by atoms with Crippen molar-refractivity contribution >= 4 is 11.9 Å². The summed E-state index contributed by atoms with van der Waals surface area (Å²) < 4.78 is 5.29. The lowest BCUT2D eigenvalue weighted by Crippen LogP contribution is -1.95. The molecule has 0 saturated heterocycles. The van der Waals surface area contributed by atoms with E-state index in [1.807, 2.05) is 0 Å². The average Bonchev–Trinajstić information content (AvgIpc) is 2.71. The molecule has 0 aliphatic heterocycles. The third-order valence-corrected chi connectivity index (χ3v) is 2.75. The molecule has 92 valence electrons. The number of nitriles is 1. The highest BCUT2D eigenvalue weighted by atomic mass is 16.5. The Bertz CT molecular complexity index is 681. The number of carbonyl (C=O) groups excluding carboxylic acids is 1. The van der Waals surface area contributed by atoms with Gasteiger partial charge in [0.25, 0.3) is 0 Å². The van der Waals surface area contributed by atoms with Crippen LogP contribution in [0.25, 0.3) is 5.57 Å². The number of benzene rings is 1. The number of aldehydes is 1. The molecule has 0 heterocycles. The van der Waals surface area contributed by atoms with Gasteiger partial charge in [0.1, 0.15) is 5.75 Å². The molecule has 0 radical (unpaired) electrons. The number of rotatable bonds is 3. The second-order valence-electron chi connectivity index (χ2n) is 3.85. The quantitative estimate of drug-likeness (QED) is 0.611. The Labute approximate surface area is 111 Å². The first-order valence-corrected chi connectivity index (χ1v) is 5.67. The molecule has 0 bridgehead atoms. The third-order valence-electron chi connectivity index (χ3n) is 2.75. The minimum atomic E-state index is 0.513. The molecule has 0 unspecified atom stereocenters. The van der Waals surface area contributed by atoms with Crippen molar-refractivity contribution in [1.29, 1.82) is 5.26 Å². The Balaban J connectivity index is 2.72. The number of hydrogen-bond donors (Lipinski definition) is 0. The van der Waals surface area contributed by atoms with Gasteiger partial charge in [-0.2, -0.15) is 5.26 Å². The molecule has 0 spiro atoms. The number of nitrogens with zero attached hydrogens (tertiary/aromatic N) is 1. The second kappa shape index (κ2) is 5.68. The molecule has 0 N–H and O–H groups in total. The van der Waals surface area contributed by atoms with Crippen LogP contribution in [-0.4, -0.2) is 13.4 Å². The monoisotopic (exact) mass is 249 g/mol. The van der Waals surface area contributed by atoms with Crippen LogP contribution in [0.2, 0.25) is 0 Å². The van der Waals surface area contributed by atoms with Gasteiger partial charge in [0, 0.05) is 16.7 Å². The Morgan fingerprint density at radius 1 is 1.42 bits per heavy atom. The summed E-state index contributed by atoms with van der Waals surface area (Å²) in [5, 5.41) is 8.98. The van der Waals surface area contributed by atoms with Gasteiger partial charge in [-0.3, -0.25) is 4.79 Å². The maximum absolute atomic E-state index is 11.2. The molecule has 0 saturated carbocycles. The molecular weight excluding hydrogens is 238 g/mol. The van der Waals surface area contributed by atoms with E-state index < -0.39 is 0 Å². The first kappa shape index (κ1) is 12.6. The standard InChI is InChI=1S/C16H11NO2/c1-19-16-8-7-12(10-17)9-15(16)14-6-4-2-3-5-13(14)11-18/h2-3,5-9,11H,1H3. The van der Waals surface area contributed by atoms with E-state index >= 15 is 0 Å². The fourth-order valence-electron chi connectivity index (χ4n) is 1.84. The zero-order valence-corrected chi connectivity index (χ0v) is 10.4. The molecule has 0 amide bonds. The zero-order valence-electron chi connectivity index (χ0n) is 10.4. The molecule has 2 rings (SSSR count). The maximum atomic E-state index is 11.2. The van der Waals surface area contributed by atoms with E-state index in [1.165, 1.54) is 0 Å². The highest BCUT2D eigenvalue weighted by Gasteiger charge is 2.12. The van der Waals surface area contributed by atoms with E-state index in [4.69, 9.17) is 10.00 Å². The van der Waals surface area contributed by atoms with Crippen molar-refractivity contribution in [3.8, 4) is 11.8 Å². The Hall–Kier alpha value is -2.82. The molecule has 0 atom stereocenters. The lowest BCUT2D eigenvalue weighted by molar-refractivity contribution is -0.104. The van der Waals surface area contributed by atoms with Gasteiger partial charge in [0.05, 0.1) is 18.7 Å². The Morgan fingerprint density at radius 3 is 2.95 bits per heavy atom. The fraction of sp³-hybridized carbons (Fsp3) is 0.0625. The van der Waals surface area contributed by atoms with Crippen molar-refractivity contribution in [2.75, 3.05) is 7.11 Å². The molecule has 0 aromatic heterocycles. The van der Waals surface area contributed by atoms with Crippen molar-refractivity contribution in [2.45, 2.75) is 0 Å². The predicted octanol–water partition coefficient (Wildman–Crippen LogP) is 2.80. The first-order chi connectivity index (χ1) is 9.30. The lowest BCUT2D eigenvalue weighted by Gasteiger charge is -2.10. The van der Waals surface area contributed by atoms with Crippen LogP contribution in [0.1, 0.15) is 11.1 Å². The number of hydrogen-bond acceptors (Lipinski definition) is 3. The molecule has 1 aromatic carbocycles. The minimum absolute atomic E-state index is 0.513. The van der Waals surface area contributed by atoms with Gasteiger partial charge in [-0.15, -0.1) is 5.73 Å². The summed E-state index contributed by atoms with van der Waals surface area (Å²) in [7, 11) is 1.55. The van der Waals surface area contributed by atoms with Gasteiger partial charge in [-0.1, -0.05) is 12.2 Å². The van der Waals surface area contributed by atoms with Crippen LogP contribution < -0.4 is 4.74 Å². The summed E-state index contributed by atoms with van der Waals surface area (Å²) in [5.74, 6) is 0.613. The molecule has 3 heteroatoms.